The van der Waals surface area contributed by atoms with E-state index in [4.69, 9.17) is 0 Å². The Bertz CT molecular complexity index is 487. The summed E-state index contributed by atoms with van der Waals surface area (Å²) in [6, 6.07) is 8.94. The standard InChI is InChI=1S/C17H24N2O2/c1-13-7-6-10-19(12-13)16(20)11-14(2)18-17(21)15-8-4-3-5-9-15/h3-5,8-9,13-14H,6-7,10-12H2,1-2H3,(H,18,21)/t13-,14-/m1/s1. The molecule has 2 rings (SSSR count). The molecule has 1 aliphatic rings. The molecule has 1 saturated heterocycles. The fraction of sp³-hybridized carbons (Fsp3) is 0.529. The molecule has 1 heterocycles. The van der Waals surface area contributed by atoms with Gasteiger partial charge in [0, 0.05) is 31.1 Å². The molecular formula is C17H24N2O2. The summed E-state index contributed by atoms with van der Waals surface area (Å²) in [5.41, 5.74) is 0.628. The summed E-state index contributed by atoms with van der Waals surface area (Å²) < 4.78 is 0. The summed E-state index contributed by atoms with van der Waals surface area (Å²) in [4.78, 5) is 26.2. The van der Waals surface area contributed by atoms with Crippen LogP contribution < -0.4 is 5.32 Å². The second kappa shape index (κ2) is 7.25. The molecule has 21 heavy (non-hydrogen) atoms. The lowest BCUT2D eigenvalue weighted by Gasteiger charge is -2.31. The van der Waals surface area contributed by atoms with Crippen LogP contribution in [0.3, 0.4) is 0 Å². The van der Waals surface area contributed by atoms with Crippen LogP contribution in [0.1, 0.15) is 43.5 Å². The second-order valence-corrected chi connectivity index (χ2v) is 6.03. The van der Waals surface area contributed by atoms with E-state index in [1.807, 2.05) is 30.0 Å². The van der Waals surface area contributed by atoms with Gasteiger partial charge in [-0.05, 0) is 37.8 Å². The minimum atomic E-state index is -0.151. The first-order valence-corrected chi connectivity index (χ1v) is 7.70. The Balaban J connectivity index is 1.82. The molecular weight excluding hydrogens is 264 g/mol. The highest BCUT2D eigenvalue weighted by Gasteiger charge is 2.22. The average molecular weight is 288 g/mol. The van der Waals surface area contributed by atoms with E-state index in [9.17, 15) is 9.59 Å². The molecule has 0 aromatic heterocycles. The predicted molar refractivity (Wildman–Crippen MR) is 83.0 cm³/mol. The Morgan fingerprint density at radius 1 is 1.33 bits per heavy atom. The number of likely N-dealkylation sites (tertiary alicyclic amines) is 1. The molecule has 0 unspecified atom stereocenters. The van der Waals surface area contributed by atoms with Gasteiger partial charge in [0.25, 0.3) is 5.91 Å². The summed E-state index contributed by atoms with van der Waals surface area (Å²) in [7, 11) is 0. The van der Waals surface area contributed by atoms with Gasteiger partial charge in [-0.25, -0.2) is 0 Å². The van der Waals surface area contributed by atoms with Crippen molar-refractivity contribution in [3.05, 3.63) is 35.9 Å². The quantitative estimate of drug-likeness (QED) is 0.925. The fourth-order valence-electron chi connectivity index (χ4n) is 2.75. The third-order valence-electron chi connectivity index (χ3n) is 3.90. The van der Waals surface area contributed by atoms with Crippen molar-refractivity contribution in [3.8, 4) is 0 Å². The van der Waals surface area contributed by atoms with Crippen molar-refractivity contribution in [3.63, 3.8) is 0 Å². The van der Waals surface area contributed by atoms with Gasteiger partial charge in [0.1, 0.15) is 0 Å². The Labute approximate surface area is 126 Å². The third-order valence-corrected chi connectivity index (χ3v) is 3.90. The van der Waals surface area contributed by atoms with E-state index in [1.54, 1.807) is 12.1 Å². The molecule has 1 aromatic carbocycles. The molecule has 0 radical (unpaired) electrons. The summed E-state index contributed by atoms with van der Waals surface area (Å²) in [5, 5.41) is 2.89. The summed E-state index contributed by atoms with van der Waals surface area (Å²) >= 11 is 0. The molecule has 1 aliphatic heterocycles. The van der Waals surface area contributed by atoms with E-state index in [1.165, 1.54) is 6.42 Å². The SMILES string of the molecule is C[C@@H]1CCCN(C(=O)C[C@@H](C)NC(=O)c2ccccc2)C1. The van der Waals surface area contributed by atoms with E-state index < -0.39 is 0 Å². The van der Waals surface area contributed by atoms with Crippen LogP contribution in [0, 0.1) is 5.92 Å². The molecule has 1 aromatic rings. The molecule has 2 amide bonds. The molecule has 114 valence electrons. The van der Waals surface area contributed by atoms with Crippen LogP contribution >= 0.6 is 0 Å². The minimum absolute atomic E-state index is 0.122. The Kier molecular flexibility index (Phi) is 5.37. The molecule has 4 nitrogen and oxygen atoms in total. The van der Waals surface area contributed by atoms with Gasteiger partial charge >= 0.3 is 0 Å². The van der Waals surface area contributed by atoms with Crippen molar-refractivity contribution < 1.29 is 9.59 Å². The molecule has 2 atom stereocenters. The molecule has 0 aliphatic carbocycles. The molecule has 1 fully saturated rings. The fourth-order valence-corrected chi connectivity index (χ4v) is 2.75. The zero-order valence-corrected chi connectivity index (χ0v) is 12.8. The molecule has 0 spiro atoms. The number of amides is 2. The van der Waals surface area contributed by atoms with Crippen molar-refractivity contribution in [1.29, 1.82) is 0 Å². The minimum Gasteiger partial charge on any atom is -0.349 e. The van der Waals surface area contributed by atoms with Gasteiger partial charge in [-0.2, -0.15) is 0 Å². The van der Waals surface area contributed by atoms with Crippen molar-refractivity contribution in [2.24, 2.45) is 5.92 Å². The Morgan fingerprint density at radius 3 is 2.71 bits per heavy atom. The van der Waals surface area contributed by atoms with Gasteiger partial charge in [-0.3, -0.25) is 9.59 Å². The number of nitrogens with zero attached hydrogens (tertiary/aromatic N) is 1. The van der Waals surface area contributed by atoms with Gasteiger partial charge in [0.15, 0.2) is 0 Å². The summed E-state index contributed by atoms with van der Waals surface area (Å²) in [5.74, 6) is 0.599. The Morgan fingerprint density at radius 2 is 2.05 bits per heavy atom. The number of hydrogen-bond acceptors (Lipinski definition) is 2. The number of rotatable bonds is 4. The smallest absolute Gasteiger partial charge is 0.251 e. The zero-order valence-electron chi connectivity index (χ0n) is 12.8. The van der Waals surface area contributed by atoms with E-state index in [-0.39, 0.29) is 17.9 Å². The monoisotopic (exact) mass is 288 g/mol. The van der Waals surface area contributed by atoms with Crippen LogP contribution in [0.25, 0.3) is 0 Å². The number of carbonyl (C=O) groups excluding carboxylic acids is 2. The van der Waals surface area contributed by atoms with Crippen LogP contribution in [0.2, 0.25) is 0 Å². The zero-order chi connectivity index (χ0) is 15.2. The van der Waals surface area contributed by atoms with Crippen LogP contribution in [0.15, 0.2) is 30.3 Å². The third kappa shape index (κ3) is 4.59. The molecule has 0 saturated carbocycles. The lowest BCUT2D eigenvalue weighted by atomic mass is 10.00. The normalized spacial score (nSPS) is 19.9. The van der Waals surface area contributed by atoms with E-state index in [0.29, 0.717) is 17.9 Å². The van der Waals surface area contributed by atoms with Crippen LogP contribution in [-0.2, 0) is 4.79 Å². The number of benzene rings is 1. The maximum Gasteiger partial charge on any atom is 0.251 e. The van der Waals surface area contributed by atoms with Crippen molar-refractivity contribution in [1.82, 2.24) is 10.2 Å². The Hall–Kier alpha value is -1.84. The van der Waals surface area contributed by atoms with Crippen molar-refractivity contribution >= 4 is 11.8 Å². The first-order chi connectivity index (χ1) is 10.1. The number of nitrogens with one attached hydrogen (secondary N) is 1. The first-order valence-electron chi connectivity index (χ1n) is 7.70. The highest BCUT2D eigenvalue weighted by Crippen LogP contribution is 2.16. The van der Waals surface area contributed by atoms with E-state index in [0.717, 1.165) is 19.5 Å². The lowest BCUT2D eigenvalue weighted by Crippen LogP contribution is -2.43. The van der Waals surface area contributed by atoms with Gasteiger partial charge in [0.05, 0.1) is 0 Å². The molecule has 1 N–H and O–H groups in total. The van der Waals surface area contributed by atoms with Gasteiger partial charge < -0.3 is 10.2 Å². The highest BCUT2D eigenvalue weighted by molar-refractivity contribution is 5.94. The van der Waals surface area contributed by atoms with Gasteiger partial charge in [-0.1, -0.05) is 25.1 Å². The van der Waals surface area contributed by atoms with Crippen molar-refractivity contribution in [2.75, 3.05) is 13.1 Å². The lowest BCUT2D eigenvalue weighted by molar-refractivity contribution is -0.133. The first kappa shape index (κ1) is 15.5. The van der Waals surface area contributed by atoms with Crippen LogP contribution in [-0.4, -0.2) is 35.8 Å². The predicted octanol–water partition coefficient (Wildman–Crippen LogP) is 2.45. The number of carbonyl (C=O) groups is 2. The van der Waals surface area contributed by atoms with E-state index >= 15 is 0 Å². The average Bonchev–Trinajstić information content (AvgIpc) is 2.48. The van der Waals surface area contributed by atoms with Crippen LogP contribution in [0.5, 0.6) is 0 Å². The maximum atomic E-state index is 12.2. The largest absolute Gasteiger partial charge is 0.349 e. The summed E-state index contributed by atoms with van der Waals surface area (Å²) in [6.45, 7) is 5.76. The topological polar surface area (TPSA) is 49.4 Å². The highest BCUT2D eigenvalue weighted by atomic mass is 16.2. The van der Waals surface area contributed by atoms with Crippen LogP contribution in [0.4, 0.5) is 0 Å². The number of piperidine rings is 1. The number of hydrogen-bond donors (Lipinski definition) is 1. The molecule has 0 bridgehead atoms. The van der Waals surface area contributed by atoms with E-state index in [2.05, 4.69) is 12.2 Å². The van der Waals surface area contributed by atoms with Gasteiger partial charge in [-0.15, -0.1) is 0 Å². The van der Waals surface area contributed by atoms with Gasteiger partial charge in [0.2, 0.25) is 5.91 Å². The summed E-state index contributed by atoms with van der Waals surface area (Å²) in [6.07, 6.45) is 2.65. The second-order valence-electron chi connectivity index (χ2n) is 6.03. The van der Waals surface area contributed by atoms with Crippen molar-refractivity contribution in [2.45, 2.75) is 39.2 Å². The molecule has 4 heteroatoms. The maximum absolute atomic E-state index is 12.2.